The van der Waals surface area contributed by atoms with E-state index in [2.05, 4.69) is 65.8 Å². The molecule has 0 bridgehead atoms. The number of ether oxygens (including phenoxy) is 7. The highest BCUT2D eigenvalue weighted by Crippen LogP contribution is 2.18. The molecule has 0 aliphatic carbocycles. The molecule has 0 fully saturated rings. The van der Waals surface area contributed by atoms with E-state index in [0.29, 0.717) is 13.2 Å². The second kappa shape index (κ2) is 65.7. The number of rotatable bonds is 66. The molecule has 0 aromatic carbocycles. The molecule has 0 N–H and O–H groups in total. The molecule has 0 aliphatic rings. The summed E-state index contributed by atoms with van der Waals surface area (Å²) in [5, 5.41) is 0. The van der Waals surface area contributed by atoms with Crippen LogP contribution in [0.5, 0.6) is 0 Å². The minimum Gasteiger partial charge on any atom is -0.353 e. The Morgan fingerprint density at radius 2 is 0.440 bits per heavy atom. The monoisotopic (exact) mass is 1060 g/mol. The van der Waals surface area contributed by atoms with Crippen LogP contribution in [-0.2, 0) is 33.2 Å². The molecule has 0 amide bonds. The lowest BCUT2D eigenvalue weighted by Gasteiger charge is -2.22. The van der Waals surface area contributed by atoms with E-state index in [-0.39, 0.29) is 12.6 Å². The van der Waals surface area contributed by atoms with Gasteiger partial charge in [0.05, 0.1) is 13.2 Å². The average Bonchev–Trinajstić information content (AvgIpc) is 3.42. The molecule has 448 valence electrons. The van der Waals surface area contributed by atoms with Gasteiger partial charge in [0.15, 0.2) is 25.2 Å². The zero-order chi connectivity index (χ0) is 54.3. The summed E-state index contributed by atoms with van der Waals surface area (Å²) in [6.45, 7) is 18.3. The van der Waals surface area contributed by atoms with Gasteiger partial charge in [-0.15, -0.1) is 0 Å². The Bertz CT molecular complexity index is 958. The summed E-state index contributed by atoms with van der Waals surface area (Å²) in [7, 11) is 0. The summed E-state index contributed by atoms with van der Waals surface area (Å²) >= 11 is 0. The fourth-order valence-corrected chi connectivity index (χ4v) is 9.66. The van der Waals surface area contributed by atoms with Gasteiger partial charge in [-0.05, 0) is 102 Å². The molecular formula is C68H134O7. The standard InChI is InChI=1S/C68H134O7/c1-7-13-19-25-29-33-41-51-59-69-65(70-60-52-42-34-30-26-20-14-8-2)55-45-37-39-47-57-67(73-63-49-23-17-11-5)75-68(74-64-50-24-18-12-6)58-48-40-38-46-56-66(71-61-53-43-35-31-27-21-15-9-3)72-62-54-44-36-32-28-22-16-10-4/h47-48,57-58,65-68H,7-46,49-56,59-64H2,1-6H3. The summed E-state index contributed by atoms with van der Waals surface area (Å²) < 4.78 is 45.1. The van der Waals surface area contributed by atoms with Crippen LogP contribution in [0.15, 0.2) is 24.3 Å². The van der Waals surface area contributed by atoms with Gasteiger partial charge >= 0.3 is 0 Å². The van der Waals surface area contributed by atoms with Gasteiger partial charge in [0, 0.05) is 26.4 Å². The zero-order valence-electron chi connectivity index (χ0n) is 51.7. The van der Waals surface area contributed by atoms with E-state index in [9.17, 15) is 0 Å². The van der Waals surface area contributed by atoms with Crippen LogP contribution in [0.1, 0.15) is 350 Å². The van der Waals surface area contributed by atoms with E-state index in [0.717, 1.165) is 116 Å². The van der Waals surface area contributed by atoms with Crippen molar-refractivity contribution in [3.05, 3.63) is 24.3 Å². The molecule has 0 radical (unpaired) electrons. The van der Waals surface area contributed by atoms with Crippen LogP contribution in [0, 0.1) is 0 Å². The number of hydrogen-bond acceptors (Lipinski definition) is 7. The van der Waals surface area contributed by atoms with Crippen LogP contribution in [0.3, 0.4) is 0 Å². The molecule has 0 saturated heterocycles. The van der Waals surface area contributed by atoms with Crippen molar-refractivity contribution in [2.24, 2.45) is 0 Å². The Labute approximate surface area is 470 Å². The van der Waals surface area contributed by atoms with Gasteiger partial charge in [-0.3, -0.25) is 0 Å². The molecule has 7 nitrogen and oxygen atoms in total. The lowest BCUT2D eigenvalue weighted by Crippen LogP contribution is -2.25. The number of hydrogen-bond donors (Lipinski definition) is 0. The second-order valence-electron chi connectivity index (χ2n) is 22.4. The summed E-state index contributed by atoms with van der Waals surface area (Å²) in [4.78, 5) is 0. The van der Waals surface area contributed by atoms with E-state index in [1.165, 1.54) is 218 Å². The highest BCUT2D eigenvalue weighted by molar-refractivity contribution is 4.90. The lowest BCUT2D eigenvalue weighted by atomic mass is 10.1. The Morgan fingerprint density at radius 1 is 0.227 bits per heavy atom. The fourth-order valence-electron chi connectivity index (χ4n) is 9.66. The number of allylic oxidation sites excluding steroid dienone is 2. The summed E-state index contributed by atoms with van der Waals surface area (Å²) in [5.41, 5.74) is 0. The average molecular weight is 1060 g/mol. The van der Waals surface area contributed by atoms with Crippen LogP contribution in [0.4, 0.5) is 0 Å². The third-order valence-electron chi connectivity index (χ3n) is 14.7. The van der Waals surface area contributed by atoms with E-state index >= 15 is 0 Å². The van der Waals surface area contributed by atoms with Crippen LogP contribution >= 0.6 is 0 Å². The molecule has 0 rings (SSSR count). The van der Waals surface area contributed by atoms with Crippen molar-refractivity contribution in [1.82, 2.24) is 0 Å². The first-order valence-electron chi connectivity index (χ1n) is 33.8. The second-order valence-corrected chi connectivity index (χ2v) is 22.4. The Balaban J connectivity index is 5.38. The van der Waals surface area contributed by atoms with Gasteiger partial charge in [0.25, 0.3) is 0 Å². The van der Waals surface area contributed by atoms with Crippen molar-refractivity contribution in [2.45, 2.75) is 375 Å². The highest BCUT2D eigenvalue weighted by atomic mass is 16.8. The quantitative estimate of drug-likeness (QED) is 0.0342. The van der Waals surface area contributed by atoms with Gasteiger partial charge in [-0.1, -0.05) is 272 Å². The highest BCUT2D eigenvalue weighted by Gasteiger charge is 2.15. The molecule has 0 aromatic rings. The third-order valence-corrected chi connectivity index (χ3v) is 14.7. The van der Waals surface area contributed by atoms with Gasteiger partial charge in [0.1, 0.15) is 0 Å². The van der Waals surface area contributed by atoms with Crippen molar-refractivity contribution in [3.63, 3.8) is 0 Å². The predicted octanol–water partition coefficient (Wildman–Crippen LogP) is 22.4. The smallest absolute Gasteiger partial charge is 0.180 e. The maximum atomic E-state index is 6.64. The molecule has 0 heterocycles. The minimum absolute atomic E-state index is 0.0928. The topological polar surface area (TPSA) is 64.6 Å². The van der Waals surface area contributed by atoms with E-state index in [1.807, 2.05) is 0 Å². The van der Waals surface area contributed by atoms with Gasteiger partial charge < -0.3 is 33.2 Å². The van der Waals surface area contributed by atoms with Crippen LogP contribution in [0.2, 0.25) is 0 Å². The molecule has 7 heteroatoms. The Morgan fingerprint density at radius 3 is 0.693 bits per heavy atom. The molecule has 75 heavy (non-hydrogen) atoms. The minimum atomic E-state index is -0.438. The Hall–Kier alpha value is -0.800. The first kappa shape index (κ1) is 74.2. The normalized spacial score (nSPS) is 13.0. The summed E-state index contributed by atoms with van der Waals surface area (Å²) in [6.07, 6.45) is 67.4. The van der Waals surface area contributed by atoms with Crippen molar-refractivity contribution < 1.29 is 33.2 Å². The van der Waals surface area contributed by atoms with Crippen molar-refractivity contribution in [2.75, 3.05) is 39.6 Å². The van der Waals surface area contributed by atoms with Crippen LogP contribution in [-0.4, -0.2) is 64.8 Å². The first-order chi connectivity index (χ1) is 37.1. The summed E-state index contributed by atoms with van der Waals surface area (Å²) in [5.74, 6) is 0. The molecule has 2 unspecified atom stereocenters. The maximum absolute atomic E-state index is 6.64. The van der Waals surface area contributed by atoms with Crippen molar-refractivity contribution >= 4 is 0 Å². The number of unbranched alkanes of at least 4 members (excludes halogenated alkanes) is 38. The van der Waals surface area contributed by atoms with E-state index in [4.69, 9.17) is 33.2 Å². The zero-order valence-corrected chi connectivity index (χ0v) is 51.7. The third kappa shape index (κ3) is 59.2. The molecule has 2 atom stereocenters. The van der Waals surface area contributed by atoms with E-state index in [1.54, 1.807) is 0 Å². The van der Waals surface area contributed by atoms with Crippen LogP contribution in [0.25, 0.3) is 0 Å². The predicted molar refractivity (Wildman–Crippen MR) is 326 cm³/mol. The van der Waals surface area contributed by atoms with Crippen molar-refractivity contribution in [3.8, 4) is 0 Å². The first-order valence-corrected chi connectivity index (χ1v) is 33.8. The molecule has 0 spiro atoms. The molecular weight excluding hydrogens is 929 g/mol. The molecule has 0 saturated carbocycles. The van der Waals surface area contributed by atoms with Crippen molar-refractivity contribution in [1.29, 1.82) is 0 Å². The van der Waals surface area contributed by atoms with Gasteiger partial charge in [-0.2, -0.15) is 0 Å². The SMILES string of the molecule is CCCCCCCCCCOC(CCCCC=CC(OCCCCCC)OC(C=CCCCCC(OCCCCCCCCCC)OCCCCCCCCCC)OCCCCCC)OCCCCCCCCCC. The lowest BCUT2D eigenvalue weighted by molar-refractivity contribution is -0.208. The van der Waals surface area contributed by atoms with Crippen LogP contribution < -0.4 is 0 Å². The largest absolute Gasteiger partial charge is 0.353 e. The Kier molecular flexibility index (Phi) is 65.0. The molecule has 0 aliphatic heterocycles. The fraction of sp³-hybridized carbons (Fsp3) is 0.941. The van der Waals surface area contributed by atoms with Gasteiger partial charge in [0.2, 0.25) is 0 Å². The van der Waals surface area contributed by atoms with E-state index < -0.39 is 12.6 Å². The molecule has 0 aromatic heterocycles. The van der Waals surface area contributed by atoms with Gasteiger partial charge in [-0.25, -0.2) is 0 Å². The summed E-state index contributed by atoms with van der Waals surface area (Å²) in [6, 6.07) is 0. The maximum Gasteiger partial charge on any atom is 0.180 e.